The number of nitrogens with zero attached hydrogens (tertiary/aromatic N) is 4. The lowest BCUT2D eigenvalue weighted by Crippen LogP contribution is -2.23. The van der Waals surface area contributed by atoms with Crippen molar-refractivity contribution in [2.24, 2.45) is 7.05 Å². The molecule has 0 amide bonds. The largest absolute Gasteiger partial charge is 0.489 e. The molecule has 0 bridgehead atoms. The van der Waals surface area contributed by atoms with Crippen LogP contribution in [0.4, 0.5) is 0 Å². The molecule has 0 saturated heterocycles. The summed E-state index contributed by atoms with van der Waals surface area (Å²) >= 11 is 1.14. The number of ether oxygens (including phenoxy) is 1. The lowest BCUT2D eigenvalue weighted by molar-refractivity contribution is 0.302. The van der Waals surface area contributed by atoms with Crippen LogP contribution >= 0.6 is 11.3 Å². The van der Waals surface area contributed by atoms with Crippen molar-refractivity contribution in [3.8, 4) is 22.7 Å². The van der Waals surface area contributed by atoms with Gasteiger partial charge in [0.15, 0.2) is 0 Å². The van der Waals surface area contributed by atoms with E-state index in [9.17, 15) is 9.59 Å². The van der Waals surface area contributed by atoms with Gasteiger partial charge < -0.3 is 9.72 Å². The summed E-state index contributed by atoms with van der Waals surface area (Å²) in [5.74, 6) is 0.729. The maximum Gasteiger partial charge on any atom is 0.368 e. The molecule has 0 fully saturated rings. The van der Waals surface area contributed by atoms with Gasteiger partial charge in [0.05, 0.1) is 11.4 Å². The predicted octanol–water partition coefficient (Wildman–Crippen LogP) is 2.58. The van der Waals surface area contributed by atoms with Crippen LogP contribution in [0.25, 0.3) is 16.9 Å². The van der Waals surface area contributed by atoms with Gasteiger partial charge >= 0.3 is 10.6 Å². The van der Waals surface area contributed by atoms with Crippen LogP contribution < -0.4 is 15.3 Å². The molecular weight excluding hydrogens is 390 g/mol. The Labute approximate surface area is 170 Å². The highest BCUT2D eigenvalue weighted by atomic mass is 32.1. The first-order valence-electron chi connectivity index (χ1n) is 8.93. The number of H-pyrrole nitrogens is 1. The van der Waals surface area contributed by atoms with Crippen molar-refractivity contribution in [1.82, 2.24) is 24.8 Å². The van der Waals surface area contributed by atoms with Gasteiger partial charge in [0.2, 0.25) is 0 Å². The van der Waals surface area contributed by atoms with Crippen LogP contribution in [0.5, 0.6) is 5.75 Å². The minimum absolute atomic E-state index is 0.0793. The van der Waals surface area contributed by atoms with Crippen LogP contribution in [0.1, 0.15) is 16.7 Å². The number of tetrazole rings is 1. The van der Waals surface area contributed by atoms with E-state index in [0.717, 1.165) is 45.0 Å². The van der Waals surface area contributed by atoms with E-state index in [-0.39, 0.29) is 17.2 Å². The van der Waals surface area contributed by atoms with Crippen molar-refractivity contribution in [3.63, 3.8) is 0 Å². The minimum Gasteiger partial charge on any atom is -0.489 e. The molecule has 148 valence electrons. The number of hydrogen-bond acceptors (Lipinski definition) is 6. The summed E-state index contributed by atoms with van der Waals surface area (Å²) in [6.07, 6.45) is 0. The molecule has 1 N–H and O–H groups in total. The minimum atomic E-state index is -0.317. The molecule has 0 aliphatic carbocycles. The molecule has 0 unspecified atom stereocenters. The third kappa shape index (κ3) is 3.64. The summed E-state index contributed by atoms with van der Waals surface area (Å²) in [6.45, 7) is 4.20. The molecule has 0 atom stereocenters. The van der Waals surface area contributed by atoms with E-state index in [1.807, 2.05) is 50.2 Å². The molecule has 4 aromatic rings. The second kappa shape index (κ2) is 7.51. The topological polar surface area (TPSA) is 94.8 Å². The second-order valence-electron chi connectivity index (χ2n) is 6.70. The highest BCUT2D eigenvalue weighted by molar-refractivity contribution is 7.07. The van der Waals surface area contributed by atoms with E-state index in [0.29, 0.717) is 5.69 Å². The maximum atomic E-state index is 12.3. The van der Waals surface area contributed by atoms with Crippen molar-refractivity contribution in [3.05, 3.63) is 78.6 Å². The Morgan fingerprint density at radius 1 is 1.10 bits per heavy atom. The molecule has 0 radical (unpaired) electrons. The Morgan fingerprint density at radius 2 is 1.93 bits per heavy atom. The zero-order valence-corrected chi connectivity index (χ0v) is 17.0. The van der Waals surface area contributed by atoms with Crippen LogP contribution in [-0.2, 0) is 13.7 Å². The Balaban J connectivity index is 1.62. The SMILES string of the molecule is Cc1cc(-c2csc(=O)[nH]2)ccc1OCc1c(C)cccc1-n1nnn(C)c1=O. The normalized spacial score (nSPS) is 11.0. The Hall–Kier alpha value is -3.46. The maximum absolute atomic E-state index is 12.3. The van der Waals surface area contributed by atoms with Gasteiger partial charge in [0.25, 0.3) is 0 Å². The van der Waals surface area contributed by atoms with Gasteiger partial charge in [-0.15, -0.1) is 0 Å². The standard InChI is InChI=1S/C20H19N5O3S/c1-12-5-4-6-17(25-20(27)24(3)22-23-25)15(12)10-28-18-8-7-14(9-13(18)2)16-11-29-19(26)21-16/h4-9,11H,10H2,1-3H3,(H,21,26). The quantitative estimate of drug-likeness (QED) is 0.547. The molecule has 2 aromatic carbocycles. The Morgan fingerprint density at radius 3 is 2.59 bits per heavy atom. The fraction of sp³-hybridized carbons (Fsp3) is 0.200. The van der Waals surface area contributed by atoms with E-state index in [1.165, 1.54) is 9.36 Å². The van der Waals surface area contributed by atoms with Crippen molar-refractivity contribution >= 4 is 11.3 Å². The summed E-state index contributed by atoms with van der Waals surface area (Å²) in [6, 6.07) is 11.4. The second-order valence-corrected chi connectivity index (χ2v) is 7.54. The number of benzene rings is 2. The van der Waals surface area contributed by atoms with Crippen LogP contribution in [0.15, 0.2) is 51.4 Å². The lowest BCUT2D eigenvalue weighted by Gasteiger charge is -2.14. The fourth-order valence-corrected chi connectivity index (χ4v) is 3.68. The number of rotatable bonds is 5. The molecule has 29 heavy (non-hydrogen) atoms. The Kier molecular flexibility index (Phi) is 4.89. The van der Waals surface area contributed by atoms with Crippen molar-refractivity contribution in [2.45, 2.75) is 20.5 Å². The number of aromatic amines is 1. The predicted molar refractivity (Wildman–Crippen MR) is 111 cm³/mol. The first-order chi connectivity index (χ1) is 13.9. The smallest absolute Gasteiger partial charge is 0.368 e. The van der Waals surface area contributed by atoms with Crippen LogP contribution in [0.2, 0.25) is 0 Å². The van der Waals surface area contributed by atoms with Gasteiger partial charge in [0.1, 0.15) is 12.4 Å². The molecule has 9 heteroatoms. The van der Waals surface area contributed by atoms with E-state index >= 15 is 0 Å². The third-order valence-corrected chi connectivity index (χ3v) is 5.38. The van der Waals surface area contributed by atoms with E-state index in [2.05, 4.69) is 15.4 Å². The zero-order chi connectivity index (χ0) is 20.5. The summed E-state index contributed by atoms with van der Waals surface area (Å²) in [7, 11) is 1.56. The molecule has 0 spiro atoms. The first-order valence-corrected chi connectivity index (χ1v) is 9.81. The fourth-order valence-electron chi connectivity index (χ4n) is 3.09. The van der Waals surface area contributed by atoms with Gasteiger partial charge in [-0.25, -0.2) is 4.79 Å². The highest BCUT2D eigenvalue weighted by Crippen LogP contribution is 2.27. The molecule has 4 rings (SSSR count). The molecule has 0 aliphatic rings. The number of aromatic nitrogens is 5. The third-order valence-electron chi connectivity index (χ3n) is 4.71. The van der Waals surface area contributed by atoms with Crippen LogP contribution in [0, 0.1) is 13.8 Å². The lowest BCUT2D eigenvalue weighted by atomic mass is 10.1. The van der Waals surface area contributed by atoms with Gasteiger partial charge in [0, 0.05) is 18.0 Å². The summed E-state index contributed by atoms with van der Waals surface area (Å²) in [5, 5.41) is 9.53. The number of hydrogen-bond donors (Lipinski definition) is 1. The summed E-state index contributed by atoms with van der Waals surface area (Å²) < 4.78 is 8.53. The summed E-state index contributed by atoms with van der Waals surface area (Å²) in [5.41, 5.74) is 4.84. The first kappa shape index (κ1) is 18.9. The molecule has 8 nitrogen and oxygen atoms in total. The van der Waals surface area contributed by atoms with Crippen molar-refractivity contribution in [2.75, 3.05) is 0 Å². The molecular formula is C20H19N5O3S. The number of aryl methyl sites for hydroxylation is 3. The monoisotopic (exact) mass is 409 g/mol. The van der Waals surface area contributed by atoms with Gasteiger partial charge in [-0.05, 0) is 65.2 Å². The summed E-state index contributed by atoms with van der Waals surface area (Å²) in [4.78, 5) is 26.4. The molecule has 2 heterocycles. The average Bonchev–Trinajstić information content (AvgIpc) is 3.27. The average molecular weight is 409 g/mol. The van der Waals surface area contributed by atoms with Crippen LogP contribution in [0.3, 0.4) is 0 Å². The van der Waals surface area contributed by atoms with Crippen molar-refractivity contribution in [1.29, 1.82) is 0 Å². The van der Waals surface area contributed by atoms with Gasteiger partial charge in [-0.3, -0.25) is 4.79 Å². The molecule has 0 aliphatic heterocycles. The van der Waals surface area contributed by atoms with E-state index < -0.39 is 0 Å². The van der Waals surface area contributed by atoms with E-state index in [4.69, 9.17) is 4.74 Å². The number of thiazole rings is 1. The van der Waals surface area contributed by atoms with Crippen LogP contribution in [-0.4, -0.2) is 24.8 Å². The number of nitrogens with one attached hydrogen (secondary N) is 1. The zero-order valence-electron chi connectivity index (χ0n) is 16.2. The van der Waals surface area contributed by atoms with Crippen molar-refractivity contribution < 1.29 is 4.74 Å². The van der Waals surface area contributed by atoms with Gasteiger partial charge in [-0.2, -0.15) is 9.36 Å². The van der Waals surface area contributed by atoms with Gasteiger partial charge in [-0.1, -0.05) is 23.5 Å². The highest BCUT2D eigenvalue weighted by Gasteiger charge is 2.14. The Bertz CT molecular complexity index is 1300. The molecule has 2 aromatic heterocycles. The van der Waals surface area contributed by atoms with E-state index in [1.54, 1.807) is 12.4 Å². The molecule has 0 saturated carbocycles.